The number of nitrogens with zero attached hydrogens (tertiary/aromatic N) is 3. The first-order valence-electron chi connectivity index (χ1n) is 10.7. The molecule has 2 amide bonds. The van der Waals surface area contributed by atoms with Gasteiger partial charge in [0.2, 0.25) is 0 Å². The molecule has 8 nitrogen and oxygen atoms in total. The van der Waals surface area contributed by atoms with Gasteiger partial charge in [-0.3, -0.25) is 5.32 Å². The minimum Gasteiger partial charge on any atom is -0.493 e. The molecule has 0 aliphatic carbocycles. The topological polar surface area (TPSA) is 88.6 Å². The lowest BCUT2D eigenvalue weighted by atomic mass is 9.98. The number of carbonyl (C=O) groups is 1. The summed E-state index contributed by atoms with van der Waals surface area (Å²) >= 11 is 18.2. The number of anilines is 2. The Balaban J connectivity index is 1.52. The Labute approximate surface area is 212 Å². The number of urea groups is 1. The summed E-state index contributed by atoms with van der Waals surface area (Å²) in [4.78, 5) is 23.5. The molecule has 1 aromatic heterocycles. The summed E-state index contributed by atoms with van der Waals surface area (Å²) in [5.74, 6) is 1.92. The van der Waals surface area contributed by atoms with Gasteiger partial charge in [-0.15, -0.1) is 0 Å². The van der Waals surface area contributed by atoms with Crippen molar-refractivity contribution in [2.45, 2.75) is 12.8 Å². The average molecular weight is 525 g/mol. The standard InChI is InChI=1S/C23H24Cl3N5O3/c1-31-5-3-13(4-6-31)11-34-20-10-18-15(9-19(20)33-2)22(28-12-27-18)30-23(32)29-21-16(25)7-14(24)8-17(21)26/h7-10,12-13H,3-6,11H2,1-2H3,(H2,27,28,29,30,32). The highest BCUT2D eigenvalue weighted by molar-refractivity contribution is 6.42. The SMILES string of the molecule is COc1cc2c(NC(=O)Nc3c(Cl)cc(Cl)cc3Cl)ncnc2cc1OCC1CCN(C)CC1. The summed E-state index contributed by atoms with van der Waals surface area (Å²) in [7, 11) is 3.70. The number of nitrogens with one attached hydrogen (secondary N) is 2. The van der Waals surface area contributed by atoms with Gasteiger partial charge >= 0.3 is 6.03 Å². The molecular weight excluding hydrogens is 501 g/mol. The van der Waals surface area contributed by atoms with Crippen LogP contribution in [0.15, 0.2) is 30.6 Å². The van der Waals surface area contributed by atoms with E-state index in [1.165, 1.54) is 18.5 Å². The molecule has 0 radical (unpaired) electrons. The highest BCUT2D eigenvalue weighted by atomic mass is 35.5. The van der Waals surface area contributed by atoms with E-state index in [1.54, 1.807) is 19.2 Å². The number of piperidine rings is 1. The molecule has 34 heavy (non-hydrogen) atoms. The van der Waals surface area contributed by atoms with E-state index in [9.17, 15) is 4.79 Å². The van der Waals surface area contributed by atoms with Crippen LogP contribution in [0.5, 0.6) is 11.5 Å². The molecule has 0 unspecified atom stereocenters. The van der Waals surface area contributed by atoms with E-state index in [2.05, 4.69) is 32.5 Å². The van der Waals surface area contributed by atoms with Gasteiger partial charge < -0.3 is 19.7 Å². The molecule has 0 bridgehead atoms. The van der Waals surface area contributed by atoms with Crippen LogP contribution in [-0.2, 0) is 0 Å². The summed E-state index contributed by atoms with van der Waals surface area (Å²) < 4.78 is 11.6. The van der Waals surface area contributed by atoms with E-state index >= 15 is 0 Å². The first kappa shape index (κ1) is 24.6. The molecule has 2 heterocycles. The quantitative estimate of drug-likeness (QED) is 0.413. The third kappa shape index (κ3) is 5.75. The fourth-order valence-electron chi connectivity index (χ4n) is 3.79. The molecule has 1 aliphatic heterocycles. The van der Waals surface area contributed by atoms with Crippen LogP contribution in [0, 0.1) is 5.92 Å². The van der Waals surface area contributed by atoms with E-state index < -0.39 is 6.03 Å². The summed E-state index contributed by atoms with van der Waals surface area (Å²) in [5.41, 5.74) is 0.845. The third-order valence-electron chi connectivity index (χ3n) is 5.71. The Bertz CT molecular complexity index is 1180. The molecule has 2 aromatic carbocycles. The van der Waals surface area contributed by atoms with Gasteiger partial charge in [0.25, 0.3) is 0 Å². The Hall–Kier alpha value is -2.52. The Morgan fingerprint density at radius 2 is 1.76 bits per heavy atom. The second kappa shape index (κ2) is 10.8. The maximum absolute atomic E-state index is 12.6. The third-order valence-corrected chi connectivity index (χ3v) is 6.53. The molecule has 0 atom stereocenters. The number of rotatable bonds is 6. The highest BCUT2D eigenvalue weighted by Crippen LogP contribution is 2.36. The van der Waals surface area contributed by atoms with Crippen molar-refractivity contribution in [2.24, 2.45) is 5.92 Å². The number of likely N-dealkylation sites (tertiary alicyclic amines) is 1. The van der Waals surface area contributed by atoms with Crippen LogP contribution in [-0.4, -0.2) is 54.8 Å². The van der Waals surface area contributed by atoms with E-state index in [0.29, 0.717) is 45.8 Å². The zero-order valence-corrected chi connectivity index (χ0v) is 21.0. The fraction of sp³-hybridized carbons (Fsp3) is 0.348. The van der Waals surface area contributed by atoms with Crippen LogP contribution in [0.1, 0.15) is 12.8 Å². The van der Waals surface area contributed by atoms with E-state index in [-0.39, 0.29) is 15.7 Å². The molecule has 1 saturated heterocycles. The van der Waals surface area contributed by atoms with Gasteiger partial charge in [0.05, 0.1) is 35.0 Å². The molecule has 1 aliphatic rings. The minimum absolute atomic E-state index is 0.216. The van der Waals surface area contributed by atoms with Crippen molar-refractivity contribution in [1.29, 1.82) is 0 Å². The number of carbonyl (C=O) groups excluding carboxylic acids is 1. The monoisotopic (exact) mass is 523 g/mol. The van der Waals surface area contributed by atoms with Crippen molar-refractivity contribution in [1.82, 2.24) is 14.9 Å². The zero-order chi connectivity index (χ0) is 24.2. The Morgan fingerprint density at radius 3 is 2.44 bits per heavy atom. The number of hydrogen-bond acceptors (Lipinski definition) is 6. The summed E-state index contributed by atoms with van der Waals surface area (Å²) in [5, 5.41) is 6.72. The van der Waals surface area contributed by atoms with Crippen LogP contribution < -0.4 is 20.1 Å². The fourth-order valence-corrected chi connectivity index (χ4v) is 4.70. The van der Waals surface area contributed by atoms with Crippen molar-refractivity contribution in [3.8, 4) is 11.5 Å². The van der Waals surface area contributed by atoms with Crippen LogP contribution >= 0.6 is 34.8 Å². The molecular formula is C23H24Cl3N5O3. The van der Waals surface area contributed by atoms with Crippen molar-refractivity contribution in [2.75, 3.05) is 44.5 Å². The average Bonchev–Trinajstić information content (AvgIpc) is 2.80. The number of amides is 2. The van der Waals surface area contributed by atoms with Crippen molar-refractivity contribution >= 4 is 63.2 Å². The maximum atomic E-state index is 12.6. The van der Waals surface area contributed by atoms with Crippen molar-refractivity contribution in [3.05, 3.63) is 45.7 Å². The number of aromatic nitrogens is 2. The molecule has 4 rings (SSSR count). The number of halogens is 3. The zero-order valence-electron chi connectivity index (χ0n) is 18.7. The van der Waals surface area contributed by atoms with Gasteiger partial charge in [0, 0.05) is 16.5 Å². The number of methoxy groups -OCH3 is 1. The van der Waals surface area contributed by atoms with E-state index in [4.69, 9.17) is 44.3 Å². The summed E-state index contributed by atoms with van der Waals surface area (Å²) in [6.07, 6.45) is 3.56. The minimum atomic E-state index is -0.576. The molecule has 0 saturated carbocycles. The maximum Gasteiger partial charge on any atom is 0.324 e. The Morgan fingerprint density at radius 1 is 1.06 bits per heavy atom. The van der Waals surface area contributed by atoms with Gasteiger partial charge in [-0.05, 0) is 57.1 Å². The van der Waals surface area contributed by atoms with Gasteiger partial charge in [0.15, 0.2) is 11.5 Å². The first-order valence-corrected chi connectivity index (χ1v) is 11.8. The van der Waals surface area contributed by atoms with Gasteiger partial charge in [-0.2, -0.15) is 0 Å². The normalized spacial score (nSPS) is 14.7. The first-order chi connectivity index (χ1) is 16.3. The van der Waals surface area contributed by atoms with Gasteiger partial charge in [-0.25, -0.2) is 14.8 Å². The number of hydrogen-bond donors (Lipinski definition) is 2. The Kier molecular flexibility index (Phi) is 7.83. The number of ether oxygens (including phenoxy) is 2. The second-order valence-electron chi connectivity index (χ2n) is 8.12. The van der Waals surface area contributed by atoms with Crippen molar-refractivity contribution < 1.29 is 14.3 Å². The molecule has 11 heteroatoms. The van der Waals surface area contributed by atoms with Crippen LogP contribution in [0.3, 0.4) is 0 Å². The molecule has 3 aromatic rings. The largest absolute Gasteiger partial charge is 0.493 e. The second-order valence-corrected chi connectivity index (χ2v) is 9.37. The molecule has 1 fully saturated rings. The summed E-state index contributed by atoms with van der Waals surface area (Å²) in [6.45, 7) is 2.75. The lowest BCUT2D eigenvalue weighted by molar-refractivity contribution is 0.157. The van der Waals surface area contributed by atoms with Gasteiger partial charge in [0.1, 0.15) is 12.1 Å². The predicted octanol–water partition coefficient (Wildman–Crippen LogP) is 5.96. The van der Waals surface area contributed by atoms with Crippen molar-refractivity contribution in [3.63, 3.8) is 0 Å². The lowest BCUT2D eigenvalue weighted by Crippen LogP contribution is -2.32. The molecule has 2 N–H and O–H groups in total. The van der Waals surface area contributed by atoms with Crippen LogP contribution in [0.4, 0.5) is 16.3 Å². The number of benzene rings is 2. The van der Waals surface area contributed by atoms with Gasteiger partial charge in [-0.1, -0.05) is 34.8 Å². The number of fused-ring (bicyclic) bond motifs is 1. The smallest absolute Gasteiger partial charge is 0.324 e. The summed E-state index contributed by atoms with van der Waals surface area (Å²) in [6, 6.07) is 5.94. The van der Waals surface area contributed by atoms with Crippen LogP contribution in [0.25, 0.3) is 10.9 Å². The molecule has 180 valence electrons. The lowest BCUT2D eigenvalue weighted by Gasteiger charge is -2.28. The molecule has 0 spiro atoms. The van der Waals surface area contributed by atoms with Crippen LogP contribution in [0.2, 0.25) is 15.1 Å². The highest BCUT2D eigenvalue weighted by Gasteiger charge is 2.19. The van der Waals surface area contributed by atoms with E-state index in [0.717, 1.165) is 25.9 Å². The van der Waals surface area contributed by atoms with E-state index in [1.807, 2.05) is 0 Å². The predicted molar refractivity (Wildman–Crippen MR) is 136 cm³/mol.